The Morgan fingerprint density at radius 3 is 2.62 bits per heavy atom. The quantitative estimate of drug-likeness (QED) is 0.861. The first-order valence-corrected chi connectivity index (χ1v) is 8.58. The number of nitrogens with zero attached hydrogens (tertiary/aromatic N) is 1. The molecule has 0 aromatic heterocycles. The minimum atomic E-state index is -3.50. The smallest absolute Gasteiger partial charge is 0.243 e. The topological polar surface area (TPSA) is 72.6 Å². The molecule has 1 aromatic rings. The van der Waals surface area contributed by atoms with Crippen LogP contribution in [0.4, 0.5) is 5.69 Å². The van der Waals surface area contributed by atoms with Gasteiger partial charge < -0.3 is 10.5 Å². The lowest BCUT2D eigenvalue weighted by atomic mass is 10.1. The zero-order chi connectivity index (χ0) is 15.8. The number of aryl methyl sites for hydroxylation is 1. The number of hydrogen-bond acceptors (Lipinski definition) is 4. The van der Waals surface area contributed by atoms with E-state index >= 15 is 0 Å². The Bertz CT molecular complexity index is 615. The lowest BCUT2D eigenvalue weighted by Gasteiger charge is -2.21. The summed E-state index contributed by atoms with van der Waals surface area (Å²) in [5.74, 6) is 0.271. The fraction of sp³-hybridized carbons (Fsp3) is 0.600. The van der Waals surface area contributed by atoms with Crippen LogP contribution in [0.3, 0.4) is 0 Å². The predicted molar refractivity (Wildman–Crippen MR) is 83.8 cm³/mol. The van der Waals surface area contributed by atoms with E-state index in [1.807, 2.05) is 19.9 Å². The lowest BCUT2D eigenvalue weighted by Crippen LogP contribution is -2.31. The van der Waals surface area contributed by atoms with E-state index in [1.165, 1.54) is 0 Å². The maximum atomic E-state index is 13.0. The Hall–Kier alpha value is -1.11. The number of benzene rings is 1. The first-order valence-electron chi connectivity index (χ1n) is 7.14. The molecule has 1 fully saturated rings. The molecule has 0 amide bonds. The molecular formula is C15H24N2O3S. The summed E-state index contributed by atoms with van der Waals surface area (Å²) < 4.78 is 32.6. The molecule has 2 N–H and O–H groups in total. The summed E-state index contributed by atoms with van der Waals surface area (Å²) in [4.78, 5) is 0.373. The average molecular weight is 312 g/mol. The fourth-order valence-electron chi connectivity index (χ4n) is 2.94. The van der Waals surface area contributed by atoms with Crippen molar-refractivity contribution in [1.82, 2.24) is 4.31 Å². The van der Waals surface area contributed by atoms with E-state index in [2.05, 4.69) is 0 Å². The molecule has 1 unspecified atom stereocenters. The Balaban J connectivity index is 2.42. The molecule has 1 saturated heterocycles. The van der Waals surface area contributed by atoms with Crippen LogP contribution >= 0.6 is 0 Å². The number of nitrogens with two attached hydrogens (primary N) is 1. The van der Waals surface area contributed by atoms with E-state index in [-0.39, 0.29) is 5.92 Å². The molecule has 0 bridgehead atoms. The summed E-state index contributed by atoms with van der Waals surface area (Å²) in [6.07, 6.45) is 0.840. The Morgan fingerprint density at radius 1 is 1.33 bits per heavy atom. The Kier molecular flexibility index (Phi) is 4.60. The second-order valence-electron chi connectivity index (χ2n) is 5.83. The number of methoxy groups -OCH3 is 1. The van der Waals surface area contributed by atoms with E-state index in [1.54, 1.807) is 18.3 Å². The van der Waals surface area contributed by atoms with Gasteiger partial charge in [-0.25, -0.2) is 8.42 Å². The van der Waals surface area contributed by atoms with Crippen molar-refractivity contribution < 1.29 is 13.2 Å². The van der Waals surface area contributed by atoms with Crippen LogP contribution in [0, 0.1) is 26.7 Å². The molecule has 1 aliphatic heterocycles. The second kappa shape index (κ2) is 5.94. The third-order valence-electron chi connectivity index (χ3n) is 4.33. The molecule has 1 aliphatic rings. The van der Waals surface area contributed by atoms with Gasteiger partial charge in [0, 0.05) is 25.9 Å². The lowest BCUT2D eigenvalue weighted by molar-refractivity contribution is 0.157. The zero-order valence-corrected chi connectivity index (χ0v) is 14.0. The molecule has 5 nitrogen and oxygen atoms in total. The summed E-state index contributed by atoms with van der Waals surface area (Å²) in [6, 6.07) is 1.83. The minimum absolute atomic E-state index is 0.271. The average Bonchev–Trinajstić information content (AvgIpc) is 2.86. The number of nitrogen functional groups attached to an aromatic ring is 1. The van der Waals surface area contributed by atoms with Crippen molar-refractivity contribution in [2.75, 3.05) is 32.5 Å². The Labute approximate surface area is 127 Å². The van der Waals surface area contributed by atoms with Crippen molar-refractivity contribution in [2.45, 2.75) is 32.1 Å². The molecule has 0 saturated carbocycles. The first-order chi connectivity index (χ1) is 9.78. The van der Waals surface area contributed by atoms with Gasteiger partial charge in [-0.15, -0.1) is 0 Å². The third-order valence-corrected chi connectivity index (χ3v) is 6.47. The summed E-state index contributed by atoms with van der Waals surface area (Å²) in [7, 11) is -1.85. The molecule has 1 aromatic carbocycles. The standard InChI is InChI=1S/C15H24N2O3S/c1-10-7-14(16)12(3)15(11(10)2)21(18,19)17-6-5-13(8-17)9-20-4/h7,13H,5-6,8-9,16H2,1-4H3. The summed E-state index contributed by atoms with van der Waals surface area (Å²) >= 11 is 0. The number of anilines is 1. The molecule has 118 valence electrons. The van der Waals surface area contributed by atoms with Crippen LogP contribution in [0.5, 0.6) is 0 Å². The highest BCUT2D eigenvalue weighted by atomic mass is 32.2. The van der Waals surface area contributed by atoms with Crippen molar-refractivity contribution in [2.24, 2.45) is 5.92 Å². The van der Waals surface area contributed by atoms with Crippen LogP contribution in [-0.4, -0.2) is 39.5 Å². The van der Waals surface area contributed by atoms with Crippen molar-refractivity contribution in [1.29, 1.82) is 0 Å². The molecule has 1 atom stereocenters. The van der Waals surface area contributed by atoms with Crippen molar-refractivity contribution in [3.05, 3.63) is 22.8 Å². The van der Waals surface area contributed by atoms with E-state index in [0.29, 0.717) is 35.8 Å². The number of ether oxygens (including phenoxy) is 1. The molecule has 1 heterocycles. The molecule has 21 heavy (non-hydrogen) atoms. The maximum Gasteiger partial charge on any atom is 0.243 e. The van der Waals surface area contributed by atoms with Crippen molar-refractivity contribution >= 4 is 15.7 Å². The van der Waals surface area contributed by atoms with Crippen LogP contribution in [0.15, 0.2) is 11.0 Å². The molecule has 0 radical (unpaired) electrons. The van der Waals surface area contributed by atoms with E-state index in [0.717, 1.165) is 17.5 Å². The number of rotatable bonds is 4. The maximum absolute atomic E-state index is 13.0. The zero-order valence-electron chi connectivity index (χ0n) is 13.1. The van der Waals surface area contributed by atoms with Gasteiger partial charge >= 0.3 is 0 Å². The largest absolute Gasteiger partial charge is 0.398 e. The van der Waals surface area contributed by atoms with Crippen molar-refractivity contribution in [3.63, 3.8) is 0 Å². The fourth-order valence-corrected chi connectivity index (χ4v) is 5.01. The number of sulfonamides is 1. The van der Waals surface area contributed by atoms with Crippen LogP contribution in [0.1, 0.15) is 23.1 Å². The monoisotopic (exact) mass is 312 g/mol. The highest BCUT2D eigenvalue weighted by molar-refractivity contribution is 7.89. The van der Waals surface area contributed by atoms with Gasteiger partial charge in [-0.1, -0.05) is 0 Å². The van der Waals surface area contributed by atoms with Gasteiger partial charge in [0.25, 0.3) is 0 Å². The van der Waals surface area contributed by atoms with Crippen molar-refractivity contribution in [3.8, 4) is 0 Å². The van der Waals surface area contributed by atoms with Crippen LogP contribution < -0.4 is 5.73 Å². The van der Waals surface area contributed by atoms with Crippen LogP contribution in [0.25, 0.3) is 0 Å². The second-order valence-corrected chi connectivity index (χ2v) is 7.71. The van der Waals surface area contributed by atoms with Gasteiger partial charge in [-0.3, -0.25) is 0 Å². The molecule has 6 heteroatoms. The van der Waals surface area contributed by atoms with Gasteiger partial charge in [-0.05, 0) is 55.9 Å². The van der Waals surface area contributed by atoms with E-state index < -0.39 is 10.0 Å². The van der Waals surface area contributed by atoms with Crippen LogP contribution in [-0.2, 0) is 14.8 Å². The van der Waals surface area contributed by atoms with E-state index in [4.69, 9.17) is 10.5 Å². The number of hydrogen-bond donors (Lipinski definition) is 1. The SMILES string of the molecule is COCC1CCN(S(=O)(=O)c2c(C)c(C)cc(N)c2C)C1. The summed E-state index contributed by atoms with van der Waals surface area (Å²) in [5.41, 5.74) is 8.83. The highest BCUT2D eigenvalue weighted by Gasteiger charge is 2.34. The minimum Gasteiger partial charge on any atom is -0.398 e. The predicted octanol–water partition coefficient (Wildman–Crippen LogP) is 1.85. The Morgan fingerprint density at radius 2 is 2.00 bits per heavy atom. The van der Waals surface area contributed by atoms with Gasteiger partial charge in [0.2, 0.25) is 10.0 Å². The molecule has 0 spiro atoms. The molecular weight excluding hydrogens is 288 g/mol. The van der Waals surface area contributed by atoms with Gasteiger partial charge in [0.15, 0.2) is 0 Å². The van der Waals surface area contributed by atoms with Crippen LogP contribution in [0.2, 0.25) is 0 Å². The summed E-state index contributed by atoms with van der Waals surface area (Å²) in [6.45, 7) is 7.17. The van der Waals surface area contributed by atoms with Gasteiger partial charge in [-0.2, -0.15) is 4.31 Å². The highest BCUT2D eigenvalue weighted by Crippen LogP contribution is 2.32. The summed E-state index contributed by atoms with van der Waals surface area (Å²) in [5, 5.41) is 0. The normalized spacial score (nSPS) is 20.1. The third kappa shape index (κ3) is 2.93. The van der Waals surface area contributed by atoms with Gasteiger partial charge in [0.05, 0.1) is 11.5 Å². The molecule has 2 rings (SSSR count). The molecule has 0 aliphatic carbocycles. The van der Waals surface area contributed by atoms with E-state index in [9.17, 15) is 8.42 Å². The van der Waals surface area contributed by atoms with Gasteiger partial charge in [0.1, 0.15) is 0 Å². The first kappa shape index (κ1) is 16.3.